The maximum Gasteiger partial charge on any atom is 0.343 e. The van der Waals surface area contributed by atoms with E-state index in [1.807, 2.05) is 0 Å². The number of methoxy groups -OCH3 is 3. The van der Waals surface area contributed by atoms with Crippen LogP contribution in [0, 0.1) is 0 Å². The van der Waals surface area contributed by atoms with E-state index in [0.29, 0.717) is 27.8 Å². The smallest absolute Gasteiger partial charge is 0.343 e. The molecule has 3 rings (SSSR count). The predicted molar refractivity (Wildman–Crippen MR) is 139 cm³/mol. The largest absolute Gasteiger partial charge is 0.493 e. The molecule has 0 bridgehead atoms. The summed E-state index contributed by atoms with van der Waals surface area (Å²) in [6.45, 7) is 0. The molecule has 3 aromatic carbocycles. The second-order valence-corrected chi connectivity index (χ2v) is 8.09. The van der Waals surface area contributed by atoms with Crippen LogP contribution in [0.1, 0.15) is 26.3 Å². The van der Waals surface area contributed by atoms with Crippen LogP contribution in [-0.2, 0) is 4.79 Å². The maximum atomic E-state index is 12.9. The van der Waals surface area contributed by atoms with E-state index in [-0.39, 0.29) is 21.9 Å². The van der Waals surface area contributed by atoms with Crippen LogP contribution in [0.4, 0.5) is 0 Å². The van der Waals surface area contributed by atoms with Crippen molar-refractivity contribution in [2.45, 2.75) is 0 Å². The molecule has 0 unspecified atom stereocenters. The molecule has 9 nitrogen and oxygen atoms in total. The minimum Gasteiger partial charge on any atom is -0.493 e. The molecule has 0 aliphatic rings. The molecule has 2 amide bonds. The van der Waals surface area contributed by atoms with Crippen LogP contribution in [0.25, 0.3) is 6.08 Å². The van der Waals surface area contributed by atoms with Crippen molar-refractivity contribution in [3.63, 3.8) is 0 Å². The van der Waals surface area contributed by atoms with Crippen LogP contribution in [-0.4, -0.2) is 39.1 Å². The van der Waals surface area contributed by atoms with E-state index in [2.05, 4.69) is 10.9 Å². The lowest BCUT2D eigenvalue weighted by molar-refractivity contribution is -0.117. The van der Waals surface area contributed by atoms with Crippen molar-refractivity contribution in [3.8, 4) is 23.0 Å². The number of nitrogens with one attached hydrogen (secondary N) is 2. The Bertz CT molecular complexity index is 1330. The van der Waals surface area contributed by atoms with Gasteiger partial charge >= 0.3 is 5.97 Å². The number of amides is 2. The third-order valence-electron chi connectivity index (χ3n) is 4.91. The van der Waals surface area contributed by atoms with Crippen molar-refractivity contribution >= 4 is 47.1 Å². The average Bonchev–Trinajstić information content (AvgIpc) is 2.90. The first-order valence-electron chi connectivity index (χ1n) is 10.6. The summed E-state index contributed by atoms with van der Waals surface area (Å²) < 4.78 is 21.4. The van der Waals surface area contributed by atoms with Gasteiger partial charge in [-0.2, -0.15) is 0 Å². The van der Waals surface area contributed by atoms with E-state index in [1.54, 1.807) is 24.3 Å². The summed E-state index contributed by atoms with van der Waals surface area (Å²) >= 11 is 11.8. The topological polar surface area (TPSA) is 112 Å². The summed E-state index contributed by atoms with van der Waals surface area (Å²) in [6, 6.07) is 13.9. The standard InChI is InChI=1S/C26H22Cl2N2O7/c1-34-21-12-16(13-22(35-2)24(21)36-3)26(33)37-20-7-5-4-6-15(20)8-11-23(31)29-30-25(32)18-10-9-17(27)14-19(18)28/h4-14H,1-3H3,(H,29,31)(H,30,32)/b11-8+. The molecular weight excluding hydrogens is 523 g/mol. The zero-order chi connectivity index (χ0) is 26.9. The fourth-order valence-corrected chi connectivity index (χ4v) is 3.63. The Morgan fingerprint density at radius 3 is 2.11 bits per heavy atom. The highest BCUT2D eigenvalue weighted by Crippen LogP contribution is 2.38. The maximum absolute atomic E-state index is 12.9. The number of carbonyl (C=O) groups excluding carboxylic acids is 3. The minimum absolute atomic E-state index is 0.137. The summed E-state index contributed by atoms with van der Waals surface area (Å²) in [5.41, 5.74) is 5.24. The number of hydrazine groups is 1. The summed E-state index contributed by atoms with van der Waals surface area (Å²) in [7, 11) is 4.32. The molecule has 192 valence electrons. The van der Waals surface area contributed by atoms with E-state index >= 15 is 0 Å². The third kappa shape index (κ3) is 6.93. The monoisotopic (exact) mass is 544 g/mol. The second-order valence-electron chi connectivity index (χ2n) is 7.24. The van der Waals surface area contributed by atoms with E-state index < -0.39 is 17.8 Å². The Morgan fingerprint density at radius 2 is 1.49 bits per heavy atom. The molecule has 11 heteroatoms. The van der Waals surface area contributed by atoms with Crippen molar-refractivity contribution in [2.75, 3.05) is 21.3 Å². The Morgan fingerprint density at radius 1 is 0.811 bits per heavy atom. The van der Waals surface area contributed by atoms with Crippen molar-refractivity contribution in [3.05, 3.63) is 87.4 Å². The van der Waals surface area contributed by atoms with E-state index in [9.17, 15) is 14.4 Å². The quantitative estimate of drug-likeness (QED) is 0.183. The SMILES string of the molecule is COc1cc(C(=O)Oc2ccccc2/C=C/C(=O)NNC(=O)c2ccc(Cl)cc2Cl)cc(OC)c1OC. The first-order valence-corrected chi connectivity index (χ1v) is 11.4. The van der Waals surface area contributed by atoms with Crippen LogP contribution in [0.15, 0.2) is 60.7 Å². The van der Waals surface area contributed by atoms with Gasteiger partial charge in [0.1, 0.15) is 5.75 Å². The molecular formula is C26H22Cl2N2O7. The molecule has 0 atom stereocenters. The summed E-state index contributed by atoms with van der Waals surface area (Å²) in [6.07, 6.45) is 2.59. The number of rotatable bonds is 8. The van der Waals surface area contributed by atoms with Crippen LogP contribution in [0.2, 0.25) is 10.0 Å². The lowest BCUT2D eigenvalue weighted by Crippen LogP contribution is -2.40. The number of hydrogen-bond acceptors (Lipinski definition) is 7. The van der Waals surface area contributed by atoms with Crippen molar-refractivity contribution in [1.29, 1.82) is 0 Å². The lowest BCUT2D eigenvalue weighted by atomic mass is 10.1. The van der Waals surface area contributed by atoms with Crippen LogP contribution >= 0.6 is 23.2 Å². The normalized spacial score (nSPS) is 10.5. The van der Waals surface area contributed by atoms with Crippen molar-refractivity contribution in [2.24, 2.45) is 0 Å². The van der Waals surface area contributed by atoms with Crippen molar-refractivity contribution < 1.29 is 33.3 Å². The number of esters is 1. The van der Waals surface area contributed by atoms with Gasteiger partial charge in [-0.1, -0.05) is 41.4 Å². The molecule has 0 heterocycles. The highest BCUT2D eigenvalue weighted by molar-refractivity contribution is 6.36. The van der Waals surface area contributed by atoms with Crippen LogP contribution in [0.3, 0.4) is 0 Å². The molecule has 0 fully saturated rings. The summed E-state index contributed by atoms with van der Waals surface area (Å²) in [5, 5.41) is 0.510. The number of para-hydroxylation sites is 1. The molecule has 0 saturated heterocycles. The van der Waals surface area contributed by atoms with Crippen LogP contribution in [0.5, 0.6) is 23.0 Å². The number of halogens is 2. The van der Waals surface area contributed by atoms with Gasteiger partial charge in [0.15, 0.2) is 11.5 Å². The zero-order valence-electron chi connectivity index (χ0n) is 20.0. The van der Waals surface area contributed by atoms with Gasteiger partial charge in [0.05, 0.1) is 37.5 Å². The molecule has 0 aliphatic heterocycles. The average molecular weight is 545 g/mol. The van der Waals surface area contributed by atoms with Gasteiger partial charge in [-0.15, -0.1) is 0 Å². The van der Waals surface area contributed by atoms with Gasteiger partial charge in [0.2, 0.25) is 5.75 Å². The molecule has 3 aromatic rings. The molecule has 0 aromatic heterocycles. The van der Waals surface area contributed by atoms with Crippen LogP contribution < -0.4 is 29.8 Å². The third-order valence-corrected chi connectivity index (χ3v) is 5.46. The van der Waals surface area contributed by atoms with E-state index in [1.165, 1.54) is 57.7 Å². The Labute approximate surface area is 222 Å². The van der Waals surface area contributed by atoms with E-state index in [0.717, 1.165) is 6.08 Å². The van der Waals surface area contributed by atoms with Gasteiger partial charge in [0, 0.05) is 16.7 Å². The van der Waals surface area contributed by atoms with Gasteiger partial charge in [-0.3, -0.25) is 20.4 Å². The molecule has 2 N–H and O–H groups in total. The number of carbonyl (C=O) groups is 3. The Hall–Kier alpha value is -4.21. The number of ether oxygens (including phenoxy) is 4. The van der Waals surface area contributed by atoms with Gasteiger partial charge < -0.3 is 18.9 Å². The molecule has 0 spiro atoms. The second kappa shape index (κ2) is 12.7. The fraction of sp³-hybridized carbons (Fsp3) is 0.115. The summed E-state index contributed by atoms with van der Waals surface area (Å²) in [4.78, 5) is 37.3. The highest BCUT2D eigenvalue weighted by Gasteiger charge is 2.19. The lowest BCUT2D eigenvalue weighted by Gasteiger charge is -2.14. The summed E-state index contributed by atoms with van der Waals surface area (Å²) in [5.74, 6) is -0.825. The number of hydrogen-bond donors (Lipinski definition) is 2. The molecule has 0 radical (unpaired) electrons. The molecule has 0 aliphatic carbocycles. The highest BCUT2D eigenvalue weighted by atomic mass is 35.5. The van der Waals surface area contributed by atoms with Gasteiger partial charge in [-0.25, -0.2) is 4.79 Å². The zero-order valence-corrected chi connectivity index (χ0v) is 21.5. The van der Waals surface area contributed by atoms with E-state index in [4.69, 9.17) is 42.1 Å². The fourth-order valence-electron chi connectivity index (χ4n) is 3.14. The number of benzene rings is 3. The minimum atomic E-state index is -0.684. The first-order chi connectivity index (χ1) is 17.8. The first kappa shape index (κ1) is 27.4. The van der Waals surface area contributed by atoms with Gasteiger partial charge in [-0.05, 0) is 42.5 Å². The predicted octanol–water partition coefficient (Wildman–Crippen LogP) is 4.71. The molecule has 0 saturated carbocycles. The Balaban J connectivity index is 1.70. The van der Waals surface area contributed by atoms with Crippen molar-refractivity contribution in [1.82, 2.24) is 10.9 Å². The Kier molecular flexibility index (Phi) is 9.37. The molecule has 37 heavy (non-hydrogen) atoms. The van der Waals surface area contributed by atoms with Gasteiger partial charge in [0.25, 0.3) is 11.8 Å².